The molecule has 0 unspecified atom stereocenters. The minimum Gasteiger partial charge on any atom is -0.459 e. The first kappa shape index (κ1) is 79.5. The number of allylic oxidation sites excluding steroid dienone is 4. The first-order valence-corrected chi connectivity index (χ1v) is 39.9. The number of Topliss-reactive ketones (excluding diaryl/α,β-unsaturated/α-hetero) is 2. The molecule has 8 heterocycles. The lowest BCUT2D eigenvalue weighted by Gasteiger charge is -2.30. The molecule has 4 amide bonds. The summed E-state index contributed by atoms with van der Waals surface area (Å²) in [7, 11) is -7.75. The Morgan fingerprint density at radius 3 is 1.49 bits per heavy atom. The number of rotatable bonds is 14. The molecular formula is C78H105ClN12O12S2. The van der Waals surface area contributed by atoms with Crippen LogP contribution in [0.5, 0.6) is 6.01 Å². The zero-order chi connectivity index (χ0) is 73.2. The zero-order valence-corrected chi connectivity index (χ0v) is 62.0. The van der Waals surface area contributed by atoms with Crippen LogP contribution in [-0.2, 0) is 48.8 Å². The Morgan fingerprint density at radius 2 is 1.03 bits per heavy atom. The summed E-state index contributed by atoms with van der Waals surface area (Å²) in [6, 6.07) is 20.6. The molecule has 4 aromatic heterocycles. The van der Waals surface area contributed by atoms with Crippen LogP contribution >= 0.6 is 11.6 Å². The highest BCUT2D eigenvalue weighted by Crippen LogP contribution is 2.59. The molecule has 0 spiro atoms. The molecule has 27 heteroatoms. The summed E-state index contributed by atoms with van der Waals surface area (Å²) in [4.78, 5) is 104. The quantitative estimate of drug-likeness (QED) is 0.0633. The maximum Gasteiger partial charge on any atom is 0.297 e. The summed E-state index contributed by atoms with van der Waals surface area (Å²) in [5.74, 6) is -2.79. The SMILES string of the molecule is C.C.CC(C)n1c(Cl)nc2ccncc21.CC(C)n1c(O[C@@H]2C[C@H]3C(=O)C[C@]4(C(=O)NS(=O)(=O)C5(C)CC5)C[C@H]4/C=C\CCCCC[C@H](Nc4ccccc4)C(=O)N3C2)nc2ccncc21.CC1(S(=O)(=O)NC(=O)[C@]23CC(=O)[C@@H]4C[C@@H](O)CN4C(=O)[C@@H](Nc4ccccc4)CCCCC/C=C\[C@@H]2C3)CC1. The van der Waals surface area contributed by atoms with Gasteiger partial charge < -0.3 is 34.8 Å². The summed E-state index contributed by atoms with van der Waals surface area (Å²) in [6.07, 6.45) is 24.4. The van der Waals surface area contributed by atoms with Gasteiger partial charge in [0.15, 0.2) is 11.6 Å². The molecule has 0 radical (unpaired) electrons. The normalized spacial score (nSPS) is 27.8. The highest BCUT2D eigenvalue weighted by molar-refractivity contribution is 7.92. The van der Waals surface area contributed by atoms with E-state index in [-0.39, 0.29) is 94.9 Å². The minimum atomic E-state index is -3.90. The molecule has 8 aliphatic rings. The van der Waals surface area contributed by atoms with Gasteiger partial charge in [-0.3, -0.25) is 52.7 Å². The van der Waals surface area contributed by atoms with E-state index < -0.39 is 88.6 Å². The number of amides is 4. The number of carbonyl (C=O) groups excluding carboxylic acids is 6. The van der Waals surface area contributed by atoms with Gasteiger partial charge in [0.2, 0.25) is 49.0 Å². The van der Waals surface area contributed by atoms with Gasteiger partial charge in [-0.25, -0.2) is 21.8 Å². The number of ketones is 2. The van der Waals surface area contributed by atoms with E-state index in [0.717, 1.165) is 84.8 Å². The second-order valence-corrected chi connectivity index (χ2v) is 35.3. The Bertz CT molecular complexity index is 4430. The number of benzene rings is 2. The van der Waals surface area contributed by atoms with Gasteiger partial charge >= 0.3 is 0 Å². The van der Waals surface area contributed by atoms with E-state index >= 15 is 0 Å². The third kappa shape index (κ3) is 17.5. The maximum absolute atomic E-state index is 14.6. The second kappa shape index (κ2) is 32.6. The average molecular weight is 1500 g/mol. The average Bonchev–Trinajstić information content (AvgIpc) is 1.57. The van der Waals surface area contributed by atoms with Gasteiger partial charge in [0.05, 0.1) is 79.5 Å². The highest BCUT2D eigenvalue weighted by Gasteiger charge is 2.64. The number of halogens is 1. The summed E-state index contributed by atoms with van der Waals surface area (Å²) in [5.41, 5.74) is 2.71. The van der Waals surface area contributed by atoms with Crippen molar-refractivity contribution in [2.75, 3.05) is 23.7 Å². The largest absolute Gasteiger partial charge is 0.459 e. The predicted molar refractivity (Wildman–Crippen MR) is 407 cm³/mol. The summed E-state index contributed by atoms with van der Waals surface area (Å²) in [6.45, 7) is 11.7. The van der Waals surface area contributed by atoms with Crippen LogP contribution in [0.2, 0.25) is 5.28 Å². The second-order valence-electron chi connectivity index (χ2n) is 30.6. The van der Waals surface area contributed by atoms with Crippen LogP contribution in [0.1, 0.15) is 197 Å². The first-order chi connectivity index (χ1) is 49.1. The topological polar surface area (TPSA) is 316 Å². The van der Waals surface area contributed by atoms with Crippen LogP contribution in [0.3, 0.4) is 0 Å². The van der Waals surface area contributed by atoms with Gasteiger partial charge in [-0.15, -0.1) is 0 Å². The van der Waals surface area contributed by atoms with Crippen molar-refractivity contribution < 1.29 is 55.4 Å². The molecule has 6 fully saturated rings. The van der Waals surface area contributed by atoms with Crippen molar-refractivity contribution in [2.24, 2.45) is 22.7 Å². The van der Waals surface area contributed by atoms with Crippen molar-refractivity contribution in [1.82, 2.24) is 48.3 Å². The van der Waals surface area contributed by atoms with E-state index in [1.54, 1.807) is 43.5 Å². The van der Waals surface area contributed by atoms with Gasteiger partial charge in [-0.1, -0.05) is 101 Å². The molecule has 2 aromatic carbocycles. The lowest BCUT2D eigenvalue weighted by Crippen LogP contribution is -2.49. The molecule has 4 aliphatic heterocycles. The molecule has 6 aromatic rings. The van der Waals surface area contributed by atoms with Crippen LogP contribution in [0.15, 0.2) is 122 Å². The number of nitrogens with one attached hydrogen (secondary N) is 4. The molecule has 0 bridgehead atoms. The molecule has 5 N–H and O–H groups in total. The smallest absolute Gasteiger partial charge is 0.297 e. The number of nitrogens with zero attached hydrogens (tertiary/aromatic N) is 8. The van der Waals surface area contributed by atoms with Gasteiger partial charge in [0.1, 0.15) is 18.2 Å². The highest BCUT2D eigenvalue weighted by atomic mass is 35.5. The monoisotopic (exact) mass is 1500 g/mol. The van der Waals surface area contributed by atoms with E-state index in [1.165, 1.54) is 4.90 Å². The van der Waals surface area contributed by atoms with Gasteiger partial charge in [0.25, 0.3) is 6.01 Å². The molecule has 2 saturated heterocycles. The number of sulfonamides is 2. The number of aliphatic hydroxyl groups excluding tert-OH is 1. The van der Waals surface area contributed by atoms with Crippen molar-refractivity contribution >= 4 is 100 Å². The molecule has 14 rings (SSSR count). The van der Waals surface area contributed by atoms with Crippen LogP contribution in [0.4, 0.5) is 11.4 Å². The Morgan fingerprint density at radius 1 is 0.590 bits per heavy atom. The number of ether oxygens (including phenoxy) is 1. The van der Waals surface area contributed by atoms with E-state index in [0.29, 0.717) is 68.7 Å². The standard InChI is InChI=1S/C38H48N6O6S.C29H39N3O6S.C9H10ClN3.2CH4/c1-25(2)44-32-23-39-19-16-29(32)41-36(44)50-28-20-31-33(45)22-38(35(47)42-51(48,49)37(3)17-18-37)21-26(38)12-8-5-4-6-11-15-30(34(46)43(31)24-28)40-27-13-9-7-10-14-27;1-28(14-15-28)39(37,38)31-27(36)29-17-20(29)10-6-3-2-4-9-13-23(30-21-11-7-5-8-12-21)26(35)32-19-22(33)16-24(32)25(34)18-29;1-6(2)13-8-5-11-4-3-7(8)12-9(13)10;;/h7-10,12-14,16,19,23,25-26,28,30-31,40H,4-6,11,15,17-18,20-22,24H2,1-3H3,(H,42,47);5-8,10-12,20,22-24,30,33H,2-4,9,13-19H2,1H3,(H,31,36);3-6H,1-2H3;2*1H4/b12-8-;10-6-;;;/t26-,28-,30+,31+,38-;20-,22-,23+,24+,29-;;;/m11.../s1. The van der Waals surface area contributed by atoms with Crippen molar-refractivity contribution in [2.45, 2.75) is 243 Å². The number of anilines is 2. The third-order valence-electron chi connectivity index (χ3n) is 22.2. The summed E-state index contributed by atoms with van der Waals surface area (Å²) < 4.78 is 65.2. The minimum absolute atomic E-state index is 0. The maximum atomic E-state index is 14.6. The van der Waals surface area contributed by atoms with E-state index in [9.17, 15) is 50.7 Å². The molecule has 568 valence electrons. The Labute approximate surface area is 622 Å². The number of hydrogen-bond donors (Lipinski definition) is 5. The lowest BCUT2D eigenvalue weighted by atomic mass is 9.91. The molecule has 24 nitrogen and oxygen atoms in total. The summed E-state index contributed by atoms with van der Waals surface area (Å²) >= 11 is 5.99. The number of fused-ring (bicyclic) bond motifs is 6. The van der Waals surface area contributed by atoms with Crippen molar-refractivity contribution in [1.29, 1.82) is 0 Å². The van der Waals surface area contributed by atoms with Crippen LogP contribution < -0.4 is 24.8 Å². The Kier molecular flexibility index (Phi) is 24.7. The molecule has 105 heavy (non-hydrogen) atoms. The zero-order valence-electron chi connectivity index (χ0n) is 59.6. The predicted octanol–water partition coefficient (Wildman–Crippen LogP) is 12.2. The van der Waals surface area contributed by atoms with E-state index in [1.807, 2.05) is 120 Å². The fourth-order valence-electron chi connectivity index (χ4n) is 15.0. The van der Waals surface area contributed by atoms with Gasteiger partial charge in [0, 0.05) is 68.1 Å². The van der Waals surface area contributed by atoms with Crippen LogP contribution in [0, 0.1) is 22.7 Å². The number of para-hydroxylation sites is 2. The van der Waals surface area contributed by atoms with Crippen molar-refractivity contribution in [3.63, 3.8) is 0 Å². The number of pyridine rings is 2. The number of carbonyl (C=O) groups is 6. The number of hydrogen-bond acceptors (Lipinski definition) is 18. The van der Waals surface area contributed by atoms with Crippen LogP contribution in [0.25, 0.3) is 22.1 Å². The molecular weight excluding hydrogens is 1400 g/mol. The fraction of sp³-hybridized carbons (Fsp3) is 0.564. The van der Waals surface area contributed by atoms with E-state index in [2.05, 4.69) is 48.9 Å². The first-order valence-electron chi connectivity index (χ1n) is 36.6. The van der Waals surface area contributed by atoms with E-state index in [4.69, 9.17) is 21.3 Å². The van der Waals surface area contributed by atoms with Crippen molar-refractivity contribution in [3.05, 3.63) is 127 Å². The Hall–Kier alpha value is -8.07. The molecule has 10 atom stereocenters. The summed E-state index contributed by atoms with van der Waals surface area (Å²) in [5, 5.41) is 17.8. The number of imidazole rings is 2. The molecule has 4 aliphatic carbocycles. The third-order valence-corrected chi connectivity index (χ3v) is 26.8. The molecule has 4 saturated carbocycles. The number of aliphatic hydroxyl groups is 1. The Balaban J connectivity index is 0.000000193. The van der Waals surface area contributed by atoms with Crippen molar-refractivity contribution in [3.8, 4) is 6.01 Å². The van der Waals surface area contributed by atoms with Crippen LogP contribution in [-0.4, -0.2) is 155 Å². The number of aromatic nitrogens is 6. The lowest BCUT2D eigenvalue weighted by molar-refractivity contribution is -0.140. The van der Waals surface area contributed by atoms with Gasteiger partial charge in [-0.2, -0.15) is 4.98 Å². The van der Waals surface area contributed by atoms with Gasteiger partial charge in [-0.05, 0) is 178 Å². The fourth-order valence-corrected chi connectivity index (χ4v) is 18.1.